The van der Waals surface area contributed by atoms with Crippen LogP contribution < -0.4 is 10.6 Å². The number of aliphatic hydroxyl groups excluding tert-OH is 2. The molecule has 6 rings (SSSR count). The lowest BCUT2D eigenvalue weighted by molar-refractivity contribution is -0.148. The zero-order chi connectivity index (χ0) is 33.9. The number of hydrogen-bond acceptors (Lipinski definition) is 12. The second-order valence-corrected chi connectivity index (χ2v) is 12.9. The van der Waals surface area contributed by atoms with E-state index in [1.54, 1.807) is 26.5 Å². The minimum Gasteiger partial charge on any atom is -0.510 e. The molecule has 3 aliphatic carbocycles. The predicted molar refractivity (Wildman–Crippen MR) is 168 cm³/mol. The molecule has 15 nitrogen and oxygen atoms in total. The maximum absolute atomic E-state index is 14.4. The quantitative estimate of drug-likeness (QED) is 0.161. The van der Waals surface area contributed by atoms with Crippen molar-refractivity contribution in [3.8, 4) is 5.75 Å². The number of nitrogens with zero attached hydrogens (tertiary/aromatic N) is 5. The topological polar surface area (TPSA) is 225 Å². The number of nitrogens with one attached hydrogen (secondary N) is 2. The number of hydrogen-bond donors (Lipinski definition) is 7. The number of aromatic hydroxyl groups is 1. The first-order chi connectivity index (χ1) is 22.2. The normalized spacial score (nSPS) is 24.1. The molecule has 3 aliphatic rings. The zero-order valence-electron chi connectivity index (χ0n) is 26.5. The fourth-order valence-corrected chi connectivity index (χ4v) is 7.51. The van der Waals surface area contributed by atoms with Gasteiger partial charge in [0.2, 0.25) is 5.78 Å². The Bertz CT molecular complexity index is 1780. The maximum atomic E-state index is 14.4. The van der Waals surface area contributed by atoms with E-state index in [4.69, 9.17) is 5.73 Å². The van der Waals surface area contributed by atoms with Crippen LogP contribution in [0.1, 0.15) is 39.3 Å². The molecule has 0 saturated carbocycles. The number of aromatic amines is 2. The number of H-pyrrole nitrogens is 2. The summed E-state index contributed by atoms with van der Waals surface area (Å²) in [5.41, 5.74) is 5.01. The number of aromatic nitrogens is 4. The Labute approximate surface area is 270 Å². The van der Waals surface area contributed by atoms with Gasteiger partial charge in [0.1, 0.15) is 22.8 Å². The van der Waals surface area contributed by atoms with Gasteiger partial charge in [0, 0.05) is 80.3 Å². The molecular weight excluding hydrogens is 608 g/mol. The van der Waals surface area contributed by atoms with Crippen molar-refractivity contribution in [3.63, 3.8) is 0 Å². The molecule has 0 fully saturated rings. The molecule has 1 aromatic carbocycles. The molecule has 4 unspecified atom stereocenters. The van der Waals surface area contributed by atoms with Gasteiger partial charge in [0.15, 0.2) is 11.4 Å². The van der Waals surface area contributed by atoms with Crippen LogP contribution in [-0.4, -0.2) is 108 Å². The number of amides is 1. The Balaban J connectivity index is 1.46. The van der Waals surface area contributed by atoms with Gasteiger partial charge < -0.3 is 31.1 Å². The van der Waals surface area contributed by atoms with Crippen molar-refractivity contribution in [1.82, 2.24) is 30.2 Å². The lowest BCUT2D eigenvalue weighted by atomic mass is 9.58. The van der Waals surface area contributed by atoms with Gasteiger partial charge in [-0.15, -0.1) is 0 Å². The Hall–Kier alpha value is -4.99. The van der Waals surface area contributed by atoms with E-state index >= 15 is 0 Å². The molecule has 0 spiro atoms. The highest BCUT2D eigenvalue weighted by molar-refractivity contribution is 6.25. The van der Waals surface area contributed by atoms with Crippen LogP contribution in [0.2, 0.25) is 0 Å². The average Bonchev–Trinajstić information content (AvgIpc) is 3.70. The van der Waals surface area contributed by atoms with Crippen molar-refractivity contribution < 1.29 is 34.8 Å². The lowest BCUT2D eigenvalue weighted by Gasteiger charge is -2.50. The van der Waals surface area contributed by atoms with E-state index in [9.17, 15) is 34.8 Å². The monoisotopic (exact) mass is 646 g/mol. The predicted octanol–water partition coefficient (Wildman–Crippen LogP) is 0.835. The molecule has 1 amide bonds. The number of benzene rings is 1. The first-order valence-electron chi connectivity index (χ1n) is 15.1. The summed E-state index contributed by atoms with van der Waals surface area (Å²) in [6.07, 6.45) is 3.50. The summed E-state index contributed by atoms with van der Waals surface area (Å²) >= 11 is 0. The lowest BCUT2D eigenvalue weighted by Crippen LogP contribution is -2.63. The number of phenols is 1. The number of fused-ring (bicyclic) bond motifs is 3. The molecule has 3 aromatic rings. The number of anilines is 1. The molecule has 8 N–H and O–H groups in total. The number of carbonyl (C=O) groups is 3. The molecular formula is C32H38N8O7. The summed E-state index contributed by atoms with van der Waals surface area (Å²) in [6, 6.07) is 4.45. The van der Waals surface area contributed by atoms with Crippen LogP contribution >= 0.6 is 0 Å². The van der Waals surface area contributed by atoms with Crippen LogP contribution in [0.15, 0.2) is 53.3 Å². The zero-order valence-corrected chi connectivity index (χ0v) is 26.5. The number of aliphatic hydroxyl groups is 3. The molecule has 0 bridgehead atoms. The molecule has 2 aromatic heterocycles. The van der Waals surface area contributed by atoms with E-state index in [0.29, 0.717) is 29.9 Å². The van der Waals surface area contributed by atoms with Crippen molar-refractivity contribution in [2.24, 2.45) is 17.6 Å². The number of likely N-dealkylation sites (N-methyl/N-ethyl adjacent to an activating group) is 1. The minimum absolute atomic E-state index is 0.0171. The Morgan fingerprint density at radius 1 is 1.02 bits per heavy atom. The fraction of sp³-hybridized carbons (Fsp3) is 0.406. The second kappa shape index (κ2) is 11.7. The molecule has 15 heteroatoms. The number of carbonyl (C=O) groups excluding carboxylic acids is 3. The Kier molecular flexibility index (Phi) is 7.94. The number of Topliss-reactive ketones (excluding diaryl/α,β-unsaturated/α-hetero) is 2. The van der Waals surface area contributed by atoms with Gasteiger partial charge in [-0.1, -0.05) is 0 Å². The van der Waals surface area contributed by atoms with E-state index in [1.165, 1.54) is 4.90 Å². The van der Waals surface area contributed by atoms with E-state index in [2.05, 4.69) is 20.4 Å². The highest BCUT2D eigenvalue weighted by Crippen LogP contribution is 2.53. The van der Waals surface area contributed by atoms with Crippen LogP contribution in [-0.2, 0) is 35.6 Å². The first-order valence-corrected chi connectivity index (χ1v) is 15.1. The molecule has 0 radical (unpaired) electrons. The van der Waals surface area contributed by atoms with Gasteiger partial charge in [-0.3, -0.25) is 34.4 Å². The first kappa shape index (κ1) is 32.0. The number of ketones is 2. The maximum Gasteiger partial charge on any atom is 0.255 e. The van der Waals surface area contributed by atoms with Crippen molar-refractivity contribution in [2.45, 2.75) is 44.1 Å². The van der Waals surface area contributed by atoms with Gasteiger partial charge in [-0.25, -0.2) is 0 Å². The van der Waals surface area contributed by atoms with Crippen LogP contribution in [0.3, 0.4) is 0 Å². The number of nitrogens with two attached hydrogens (primary N) is 1. The van der Waals surface area contributed by atoms with Crippen LogP contribution in [0.4, 0.5) is 5.69 Å². The van der Waals surface area contributed by atoms with Crippen molar-refractivity contribution >= 4 is 23.2 Å². The third-order valence-corrected chi connectivity index (χ3v) is 9.56. The summed E-state index contributed by atoms with van der Waals surface area (Å²) in [5, 5.41) is 60.3. The van der Waals surface area contributed by atoms with Gasteiger partial charge in [-0.2, -0.15) is 10.2 Å². The van der Waals surface area contributed by atoms with Gasteiger partial charge in [-0.05, 0) is 56.6 Å². The smallest absolute Gasteiger partial charge is 0.255 e. The number of primary amides is 1. The van der Waals surface area contributed by atoms with Crippen molar-refractivity contribution in [3.05, 3.63) is 81.3 Å². The van der Waals surface area contributed by atoms with Crippen LogP contribution in [0.25, 0.3) is 0 Å². The van der Waals surface area contributed by atoms with Crippen LogP contribution in [0, 0.1) is 11.8 Å². The van der Waals surface area contributed by atoms with Crippen LogP contribution in [0.5, 0.6) is 5.75 Å². The number of phenolic OH excluding ortho intramolecular Hbond substituents is 1. The molecule has 4 atom stereocenters. The highest BCUT2D eigenvalue weighted by Gasteiger charge is 2.63. The molecule has 2 heterocycles. The summed E-state index contributed by atoms with van der Waals surface area (Å²) < 4.78 is 0. The third kappa shape index (κ3) is 5.06. The average molecular weight is 647 g/mol. The third-order valence-electron chi connectivity index (χ3n) is 9.56. The number of allylic oxidation sites excluding steroid dienone is 1. The summed E-state index contributed by atoms with van der Waals surface area (Å²) in [4.78, 5) is 45.7. The Morgan fingerprint density at radius 3 is 2.15 bits per heavy atom. The number of rotatable bonds is 9. The van der Waals surface area contributed by atoms with Gasteiger partial charge in [0.05, 0.1) is 11.6 Å². The molecule has 47 heavy (non-hydrogen) atoms. The summed E-state index contributed by atoms with van der Waals surface area (Å²) in [6.45, 7) is 1.07. The van der Waals surface area contributed by atoms with Gasteiger partial charge >= 0.3 is 0 Å². The standard InChI is InChI=1S/C32H38N8O7/c1-38(2)21-11-16(12-40(13-17-5-7-34-36-17)14-18-6-8-35-37-18)26(41)23-19(21)9-15-10-20-25(39(3)4)28(43)24(31(33)46)30(45)32(20,47)29(44)22(15)27(23)42/h5-8,11,15,20,25,41,43-44,47H,9-10,12-14H2,1-4H3,(H2,33,46)(H,34,36)(H,35,37). The Morgan fingerprint density at radius 2 is 1.64 bits per heavy atom. The van der Waals surface area contributed by atoms with E-state index in [-0.39, 0.29) is 36.3 Å². The minimum atomic E-state index is -2.70. The second-order valence-electron chi connectivity index (χ2n) is 12.9. The molecule has 248 valence electrons. The van der Waals surface area contributed by atoms with Crippen molar-refractivity contribution in [1.29, 1.82) is 0 Å². The largest absolute Gasteiger partial charge is 0.510 e. The van der Waals surface area contributed by atoms with Gasteiger partial charge in [0.25, 0.3) is 5.91 Å². The summed E-state index contributed by atoms with van der Waals surface area (Å²) in [5.74, 6) is -6.80. The molecule has 0 saturated heterocycles. The SMILES string of the molecule is CN(C)c1cc(CN(Cc2ccn[nH]2)Cc2ccn[nH]2)c(O)c2c1CC1CC3C(N(C)C)C(O)=C(C(N)=O)C(=O)C3(O)C(O)=C1C2=O. The molecule has 0 aliphatic heterocycles. The van der Waals surface area contributed by atoms with E-state index < -0.39 is 58.0 Å². The fourth-order valence-electron chi connectivity index (χ4n) is 7.51. The van der Waals surface area contributed by atoms with E-state index in [1.807, 2.05) is 42.1 Å². The highest BCUT2D eigenvalue weighted by atomic mass is 16.3. The van der Waals surface area contributed by atoms with E-state index in [0.717, 1.165) is 11.4 Å². The van der Waals surface area contributed by atoms with Crippen molar-refractivity contribution in [2.75, 3.05) is 33.1 Å². The summed E-state index contributed by atoms with van der Waals surface area (Å²) in [7, 11) is 6.84.